The van der Waals surface area contributed by atoms with Crippen LogP contribution in [0.25, 0.3) is 6.08 Å². The van der Waals surface area contributed by atoms with E-state index in [1.165, 1.54) is 18.2 Å². The highest BCUT2D eigenvalue weighted by atomic mass is 16.6. The van der Waals surface area contributed by atoms with Gasteiger partial charge < -0.3 is 0 Å². The van der Waals surface area contributed by atoms with Crippen molar-refractivity contribution in [1.82, 2.24) is 0 Å². The smallest absolute Gasteiger partial charge is 0.270 e. The van der Waals surface area contributed by atoms with Gasteiger partial charge >= 0.3 is 0 Å². The fraction of sp³-hybridized carbons (Fsp3) is 0. The van der Waals surface area contributed by atoms with Crippen LogP contribution in [0.3, 0.4) is 0 Å². The number of rotatable bonds is 5. The Labute approximate surface area is 171 Å². The lowest BCUT2D eigenvalue weighted by Crippen LogP contribution is -2.29. The molecule has 0 aliphatic carbocycles. The van der Waals surface area contributed by atoms with Crippen molar-refractivity contribution in [3.63, 3.8) is 0 Å². The predicted molar refractivity (Wildman–Crippen MR) is 110 cm³/mol. The molecule has 0 spiro atoms. The molecule has 7 heteroatoms. The molecule has 0 saturated heterocycles. The summed E-state index contributed by atoms with van der Waals surface area (Å²) in [4.78, 5) is 49.0. The molecule has 0 fully saturated rings. The van der Waals surface area contributed by atoms with Crippen molar-refractivity contribution in [3.05, 3.63) is 111 Å². The van der Waals surface area contributed by atoms with Crippen LogP contribution in [0.15, 0.2) is 78.9 Å². The van der Waals surface area contributed by atoms with Crippen LogP contribution < -0.4 is 4.90 Å². The zero-order valence-electron chi connectivity index (χ0n) is 15.5. The molecule has 7 nitrogen and oxygen atoms in total. The Bertz CT molecular complexity index is 1230. The number of hydrogen-bond donors (Lipinski definition) is 0. The van der Waals surface area contributed by atoms with Crippen molar-refractivity contribution in [3.8, 4) is 0 Å². The van der Waals surface area contributed by atoms with Crippen LogP contribution in [0, 0.1) is 10.1 Å². The van der Waals surface area contributed by atoms with E-state index in [0.29, 0.717) is 16.8 Å². The van der Waals surface area contributed by atoms with Crippen molar-refractivity contribution in [2.75, 3.05) is 4.90 Å². The Kier molecular flexibility index (Phi) is 4.77. The van der Waals surface area contributed by atoms with Gasteiger partial charge in [0.1, 0.15) is 0 Å². The van der Waals surface area contributed by atoms with Crippen molar-refractivity contribution in [1.29, 1.82) is 0 Å². The molecule has 3 aromatic carbocycles. The molecule has 1 heterocycles. The first-order valence-corrected chi connectivity index (χ1v) is 9.00. The first-order chi connectivity index (χ1) is 14.5. The number of ketones is 1. The van der Waals surface area contributed by atoms with E-state index < -0.39 is 16.7 Å². The molecule has 0 saturated carbocycles. The number of anilines is 1. The Balaban J connectivity index is 1.62. The fourth-order valence-electron chi connectivity index (χ4n) is 3.21. The standard InChI is InChI=1S/C23H14N2O5/c26-21(16-6-2-1-3-7-16)12-9-15-5-4-8-17(13-15)24-22(27)19-11-10-18(25(29)30)14-20(19)23(24)28/h1-14H. The fourth-order valence-corrected chi connectivity index (χ4v) is 3.21. The molecule has 0 unspecified atom stereocenters. The van der Waals surface area contributed by atoms with Crippen LogP contribution in [0.2, 0.25) is 0 Å². The van der Waals surface area contributed by atoms with E-state index in [2.05, 4.69) is 0 Å². The number of nitro groups is 1. The average molecular weight is 398 g/mol. The molecular formula is C23H14N2O5. The molecule has 0 atom stereocenters. The highest BCUT2D eigenvalue weighted by molar-refractivity contribution is 6.34. The largest absolute Gasteiger partial charge is 0.289 e. The number of carbonyl (C=O) groups is 3. The topological polar surface area (TPSA) is 97.6 Å². The number of non-ortho nitro benzene ring substituents is 1. The normalized spacial score (nSPS) is 13.0. The van der Waals surface area contributed by atoms with Gasteiger partial charge in [-0.05, 0) is 29.8 Å². The van der Waals surface area contributed by atoms with Crippen LogP contribution in [-0.4, -0.2) is 22.5 Å². The number of allylic oxidation sites excluding steroid dienone is 1. The molecule has 0 radical (unpaired) electrons. The lowest BCUT2D eigenvalue weighted by molar-refractivity contribution is -0.384. The highest BCUT2D eigenvalue weighted by Gasteiger charge is 2.37. The van der Waals surface area contributed by atoms with Crippen molar-refractivity contribution in [2.45, 2.75) is 0 Å². The maximum absolute atomic E-state index is 12.8. The summed E-state index contributed by atoms with van der Waals surface area (Å²) in [6.45, 7) is 0. The maximum Gasteiger partial charge on any atom is 0.270 e. The van der Waals surface area contributed by atoms with E-state index >= 15 is 0 Å². The second kappa shape index (κ2) is 7.56. The van der Waals surface area contributed by atoms with Gasteiger partial charge in [0.05, 0.1) is 21.7 Å². The van der Waals surface area contributed by atoms with E-state index in [9.17, 15) is 24.5 Å². The minimum atomic E-state index is -0.625. The molecule has 0 aromatic heterocycles. The summed E-state index contributed by atoms with van der Waals surface area (Å²) in [5.74, 6) is -1.35. The van der Waals surface area contributed by atoms with Gasteiger partial charge in [0.15, 0.2) is 5.78 Å². The van der Waals surface area contributed by atoms with Crippen molar-refractivity contribution in [2.24, 2.45) is 0 Å². The number of amides is 2. The monoisotopic (exact) mass is 398 g/mol. The van der Waals surface area contributed by atoms with Gasteiger partial charge in [-0.3, -0.25) is 24.5 Å². The molecule has 1 aliphatic rings. The Hall–Kier alpha value is -4.39. The number of hydrogen-bond acceptors (Lipinski definition) is 5. The number of imide groups is 1. The second-order valence-electron chi connectivity index (χ2n) is 6.59. The zero-order chi connectivity index (χ0) is 21.3. The van der Waals surface area contributed by atoms with E-state index in [4.69, 9.17) is 0 Å². The first-order valence-electron chi connectivity index (χ1n) is 9.00. The molecular weight excluding hydrogens is 384 g/mol. The number of nitrogens with zero attached hydrogens (tertiary/aromatic N) is 2. The average Bonchev–Trinajstić information content (AvgIpc) is 3.02. The lowest BCUT2D eigenvalue weighted by Gasteiger charge is -2.14. The second-order valence-corrected chi connectivity index (χ2v) is 6.59. The minimum absolute atomic E-state index is 0.00518. The summed E-state index contributed by atoms with van der Waals surface area (Å²) < 4.78 is 0. The number of benzene rings is 3. The van der Waals surface area contributed by atoms with Gasteiger partial charge in [-0.2, -0.15) is 0 Å². The van der Waals surface area contributed by atoms with Crippen molar-refractivity contribution >= 4 is 35.0 Å². The number of carbonyl (C=O) groups excluding carboxylic acids is 3. The molecule has 1 aliphatic heterocycles. The van der Waals surface area contributed by atoms with Crippen LogP contribution >= 0.6 is 0 Å². The molecule has 30 heavy (non-hydrogen) atoms. The summed E-state index contributed by atoms with van der Waals surface area (Å²) in [7, 11) is 0. The molecule has 2 amide bonds. The molecule has 4 rings (SSSR count). The van der Waals surface area contributed by atoms with Crippen LogP contribution in [0.5, 0.6) is 0 Å². The predicted octanol–water partition coefficient (Wildman–Crippen LogP) is 4.29. The van der Waals surface area contributed by atoms with E-state index in [1.54, 1.807) is 54.6 Å². The van der Waals surface area contributed by atoms with Crippen LogP contribution in [0.4, 0.5) is 11.4 Å². The molecule has 3 aromatic rings. The SMILES string of the molecule is O=C(C=Cc1cccc(N2C(=O)c3ccc([N+](=O)[O-])cc3C2=O)c1)c1ccccc1. The summed E-state index contributed by atoms with van der Waals surface area (Å²) in [5, 5.41) is 11.0. The summed E-state index contributed by atoms with van der Waals surface area (Å²) in [6, 6.07) is 19.0. The number of nitro benzene ring substituents is 1. The van der Waals surface area contributed by atoms with Gasteiger partial charge in [-0.1, -0.05) is 48.5 Å². The van der Waals surface area contributed by atoms with E-state index in [0.717, 1.165) is 11.0 Å². The molecule has 146 valence electrons. The van der Waals surface area contributed by atoms with Crippen LogP contribution in [0.1, 0.15) is 36.6 Å². The minimum Gasteiger partial charge on any atom is -0.289 e. The van der Waals surface area contributed by atoms with Gasteiger partial charge in [-0.25, -0.2) is 4.90 Å². The lowest BCUT2D eigenvalue weighted by atomic mass is 10.1. The third-order valence-corrected chi connectivity index (χ3v) is 4.69. The Morgan fingerprint density at radius 3 is 2.33 bits per heavy atom. The van der Waals surface area contributed by atoms with Gasteiger partial charge in [0.2, 0.25) is 0 Å². The summed E-state index contributed by atoms with van der Waals surface area (Å²) >= 11 is 0. The third kappa shape index (κ3) is 3.40. The maximum atomic E-state index is 12.8. The molecule has 0 N–H and O–H groups in total. The Morgan fingerprint density at radius 1 is 0.867 bits per heavy atom. The zero-order valence-corrected chi connectivity index (χ0v) is 15.5. The Morgan fingerprint density at radius 2 is 1.60 bits per heavy atom. The molecule has 0 bridgehead atoms. The number of fused-ring (bicyclic) bond motifs is 1. The third-order valence-electron chi connectivity index (χ3n) is 4.69. The summed E-state index contributed by atoms with van der Waals surface area (Å²) in [5.41, 5.74) is 1.34. The summed E-state index contributed by atoms with van der Waals surface area (Å²) in [6.07, 6.45) is 3.02. The van der Waals surface area contributed by atoms with Crippen molar-refractivity contribution < 1.29 is 19.3 Å². The highest BCUT2D eigenvalue weighted by Crippen LogP contribution is 2.31. The van der Waals surface area contributed by atoms with E-state index in [-0.39, 0.29) is 22.6 Å². The van der Waals surface area contributed by atoms with Crippen LogP contribution in [-0.2, 0) is 0 Å². The first kappa shape index (κ1) is 18.9. The van der Waals surface area contributed by atoms with E-state index in [1.807, 2.05) is 6.07 Å². The quantitative estimate of drug-likeness (QED) is 0.210. The van der Waals surface area contributed by atoms with Gasteiger partial charge in [0, 0.05) is 17.7 Å². The van der Waals surface area contributed by atoms with Gasteiger partial charge in [-0.15, -0.1) is 0 Å². The van der Waals surface area contributed by atoms with Gasteiger partial charge in [0.25, 0.3) is 17.5 Å².